The summed E-state index contributed by atoms with van der Waals surface area (Å²) in [5, 5.41) is 44.4. The Morgan fingerprint density at radius 3 is 1.64 bits per heavy atom. The molecule has 0 bridgehead atoms. The summed E-state index contributed by atoms with van der Waals surface area (Å²) in [5.74, 6) is 0.267. The maximum atomic E-state index is 9.30. The van der Waals surface area contributed by atoms with Gasteiger partial charge in [0.25, 0.3) is 0 Å². The van der Waals surface area contributed by atoms with E-state index in [1.807, 2.05) is 6.08 Å². The Bertz CT molecular complexity index is 613. The molecular formula is C15H12CaO6. The first-order chi connectivity index (χ1) is 9.86. The summed E-state index contributed by atoms with van der Waals surface area (Å²) in [6, 6.07) is 11.1. The molecule has 0 fully saturated rings. The second-order valence-corrected chi connectivity index (χ2v) is 3.96. The van der Waals surface area contributed by atoms with Crippen molar-refractivity contribution in [3.05, 3.63) is 53.6 Å². The van der Waals surface area contributed by atoms with Crippen LogP contribution in [-0.4, -0.2) is 59.2 Å². The molecule has 22 heavy (non-hydrogen) atoms. The van der Waals surface area contributed by atoms with Gasteiger partial charge in [0.2, 0.25) is 0 Å². The third kappa shape index (κ3) is 8.41. The van der Waals surface area contributed by atoms with E-state index in [0.29, 0.717) is 5.56 Å². The van der Waals surface area contributed by atoms with Crippen LogP contribution in [0.4, 0.5) is 4.79 Å². The van der Waals surface area contributed by atoms with Gasteiger partial charge in [-0.15, -0.1) is 0 Å². The van der Waals surface area contributed by atoms with Gasteiger partial charge in [0.05, 0.1) is 0 Å². The van der Waals surface area contributed by atoms with Crippen molar-refractivity contribution in [3.63, 3.8) is 0 Å². The number of carboxylic acid groups (broad SMARTS) is 2. The summed E-state index contributed by atoms with van der Waals surface area (Å²) in [7, 11) is 0. The molecule has 0 aliphatic heterocycles. The number of hydrogen-bond acceptors (Lipinski definition) is 6. The fourth-order valence-electron chi connectivity index (χ4n) is 1.49. The van der Waals surface area contributed by atoms with Crippen molar-refractivity contribution in [1.29, 1.82) is 0 Å². The minimum Gasteiger partial charge on any atom is -0.652 e. The molecule has 3 N–H and O–H groups in total. The molecule has 0 aliphatic rings. The van der Waals surface area contributed by atoms with Crippen LogP contribution in [0.5, 0.6) is 17.2 Å². The molecule has 7 heteroatoms. The minimum absolute atomic E-state index is 0. The first-order valence-corrected chi connectivity index (χ1v) is 5.75. The largest absolute Gasteiger partial charge is 2.00 e. The molecule has 0 saturated carbocycles. The van der Waals surface area contributed by atoms with Gasteiger partial charge in [0.1, 0.15) is 17.2 Å². The van der Waals surface area contributed by atoms with Crippen molar-refractivity contribution in [2.24, 2.45) is 0 Å². The Kier molecular flexibility index (Phi) is 9.09. The summed E-state index contributed by atoms with van der Waals surface area (Å²) in [6.45, 7) is 0. The zero-order chi connectivity index (χ0) is 15.8. The van der Waals surface area contributed by atoms with E-state index >= 15 is 0 Å². The van der Waals surface area contributed by atoms with E-state index < -0.39 is 6.16 Å². The maximum Gasteiger partial charge on any atom is 2.00 e. The standard InChI is InChI=1S/C14H12O3.CH2O3.Ca/c15-12-5-3-10(4-6-12)1-2-11-7-13(16)9-14(17)8-11;2-1(3)4;/h1-9,15-17H;(H2,2,3,4);/q;;+2/p-2. The van der Waals surface area contributed by atoms with Crippen LogP contribution in [-0.2, 0) is 0 Å². The van der Waals surface area contributed by atoms with Crippen LogP contribution < -0.4 is 10.2 Å². The minimum atomic E-state index is -2.33. The first kappa shape index (κ1) is 20.1. The smallest absolute Gasteiger partial charge is 0.652 e. The van der Waals surface area contributed by atoms with Crippen LogP contribution in [0, 0.1) is 0 Å². The number of rotatable bonds is 2. The van der Waals surface area contributed by atoms with E-state index in [4.69, 9.17) is 20.1 Å². The summed E-state index contributed by atoms with van der Waals surface area (Å²) >= 11 is 0. The Hall–Kier alpha value is -1.89. The summed E-state index contributed by atoms with van der Waals surface area (Å²) in [5.41, 5.74) is 1.63. The molecule has 2 aromatic carbocycles. The first-order valence-electron chi connectivity index (χ1n) is 5.75. The van der Waals surface area contributed by atoms with Gasteiger partial charge in [0.15, 0.2) is 0 Å². The number of carbonyl (C=O) groups excluding carboxylic acids is 1. The molecule has 0 heterocycles. The topological polar surface area (TPSA) is 124 Å². The van der Waals surface area contributed by atoms with E-state index in [0.717, 1.165) is 5.56 Å². The van der Waals surface area contributed by atoms with Gasteiger partial charge in [-0.1, -0.05) is 24.3 Å². The normalized spacial score (nSPS) is 9.45. The summed E-state index contributed by atoms with van der Waals surface area (Å²) in [6.07, 6.45) is 1.26. The molecule has 0 aliphatic carbocycles. The van der Waals surface area contributed by atoms with Gasteiger partial charge in [-0.2, -0.15) is 0 Å². The average molecular weight is 328 g/mol. The van der Waals surface area contributed by atoms with E-state index in [-0.39, 0.29) is 55.0 Å². The summed E-state index contributed by atoms with van der Waals surface area (Å²) in [4.78, 5) is 8.33. The van der Waals surface area contributed by atoms with Crippen LogP contribution >= 0.6 is 0 Å². The van der Waals surface area contributed by atoms with Crippen molar-refractivity contribution in [2.75, 3.05) is 0 Å². The third-order valence-corrected chi connectivity index (χ3v) is 2.29. The molecule has 0 saturated heterocycles. The number of carbonyl (C=O) groups is 1. The summed E-state index contributed by atoms with van der Waals surface area (Å²) < 4.78 is 0. The van der Waals surface area contributed by atoms with Crippen molar-refractivity contribution in [2.45, 2.75) is 0 Å². The van der Waals surface area contributed by atoms with E-state index in [9.17, 15) is 10.2 Å². The predicted molar refractivity (Wildman–Crippen MR) is 78.0 cm³/mol. The molecule has 0 unspecified atom stereocenters. The quantitative estimate of drug-likeness (QED) is 0.532. The van der Waals surface area contributed by atoms with Crippen molar-refractivity contribution >= 4 is 56.0 Å². The van der Waals surface area contributed by atoms with Crippen LogP contribution in [0.15, 0.2) is 42.5 Å². The Labute approximate surface area is 156 Å². The molecular weight excluding hydrogens is 316 g/mol. The molecule has 2 rings (SSSR count). The number of hydrogen-bond donors (Lipinski definition) is 3. The SMILES string of the molecule is O=C([O-])[O-].Oc1ccc(C=Cc2cc(O)cc(O)c2)cc1.[Ca+2]. The van der Waals surface area contributed by atoms with Gasteiger partial charge in [-0.25, -0.2) is 0 Å². The van der Waals surface area contributed by atoms with Gasteiger partial charge in [0, 0.05) is 6.07 Å². The van der Waals surface area contributed by atoms with Gasteiger partial charge >= 0.3 is 37.7 Å². The fraction of sp³-hybridized carbons (Fsp3) is 0. The van der Waals surface area contributed by atoms with E-state index in [1.54, 1.807) is 42.5 Å². The van der Waals surface area contributed by atoms with Crippen LogP contribution in [0.2, 0.25) is 0 Å². The van der Waals surface area contributed by atoms with Crippen molar-refractivity contribution < 1.29 is 30.3 Å². The fourth-order valence-corrected chi connectivity index (χ4v) is 1.49. The average Bonchev–Trinajstić information content (AvgIpc) is 2.36. The second-order valence-electron chi connectivity index (χ2n) is 3.96. The Balaban J connectivity index is 0.000000791. The second kappa shape index (κ2) is 9.94. The molecule has 0 aromatic heterocycles. The molecule has 2 aromatic rings. The Morgan fingerprint density at radius 1 is 0.773 bits per heavy atom. The number of phenols is 3. The zero-order valence-electron chi connectivity index (χ0n) is 11.5. The number of phenolic OH excluding ortho intramolecular Hbond substituents is 3. The van der Waals surface area contributed by atoms with E-state index in [2.05, 4.69) is 0 Å². The van der Waals surface area contributed by atoms with E-state index in [1.165, 1.54) is 6.07 Å². The zero-order valence-corrected chi connectivity index (χ0v) is 13.7. The van der Waals surface area contributed by atoms with Gasteiger partial charge < -0.3 is 30.3 Å². The monoisotopic (exact) mass is 328 g/mol. The molecule has 0 spiro atoms. The molecule has 0 atom stereocenters. The number of aromatic hydroxyl groups is 3. The van der Waals surface area contributed by atoms with Gasteiger partial charge in [-0.3, -0.25) is 0 Å². The van der Waals surface area contributed by atoms with Crippen molar-refractivity contribution in [3.8, 4) is 17.2 Å². The molecule has 0 amide bonds. The molecule has 0 radical (unpaired) electrons. The molecule has 6 nitrogen and oxygen atoms in total. The third-order valence-electron chi connectivity index (χ3n) is 2.29. The van der Waals surface area contributed by atoms with Crippen LogP contribution in [0.1, 0.15) is 11.1 Å². The Morgan fingerprint density at radius 2 is 1.18 bits per heavy atom. The van der Waals surface area contributed by atoms with Crippen molar-refractivity contribution in [1.82, 2.24) is 0 Å². The molecule has 110 valence electrons. The van der Waals surface area contributed by atoms with Crippen LogP contribution in [0.3, 0.4) is 0 Å². The number of benzene rings is 2. The van der Waals surface area contributed by atoms with Gasteiger partial charge in [-0.05, 0) is 41.5 Å². The maximum absolute atomic E-state index is 9.30. The predicted octanol–water partition coefficient (Wildman–Crippen LogP) is 0.146. The van der Waals surface area contributed by atoms with Crippen LogP contribution in [0.25, 0.3) is 12.2 Å².